The van der Waals surface area contributed by atoms with E-state index >= 15 is 0 Å². The Labute approximate surface area is 141 Å². The lowest BCUT2D eigenvalue weighted by atomic mass is 9.67. The first-order valence-electron chi connectivity index (χ1n) is 8.90. The normalized spacial score (nSPS) is 31.4. The number of ketones is 1. The number of rotatable bonds is 3. The van der Waals surface area contributed by atoms with Crippen LogP contribution in [0, 0.1) is 17.8 Å². The number of amides is 1. The van der Waals surface area contributed by atoms with Crippen LogP contribution in [-0.4, -0.2) is 30.9 Å². The standard InChI is InChI=1S/C19H23NO4/c21-18-12-4-3-5-13(18)9-14(8-12)19(22)20-10-15-11-23-16-6-1-2-7-17(16)24-15/h1-2,6-7,12-15H,3-5,8-11H2,(H,20,22). The first-order chi connectivity index (χ1) is 11.7. The Bertz CT molecular complexity index is 628. The number of hydrogen-bond acceptors (Lipinski definition) is 4. The van der Waals surface area contributed by atoms with Crippen molar-refractivity contribution in [2.24, 2.45) is 17.8 Å². The summed E-state index contributed by atoms with van der Waals surface area (Å²) in [6, 6.07) is 7.56. The number of carbonyl (C=O) groups is 2. The third-order valence-corrected chi connectivity index (χ3v) is 5.49. The number of nitrogens with one attached hydrogen (secondary N) is 1. The van der Waals surface area contributed by atoms with Crippen molar-refractivity contribution in [3.8, 4) is 11.5 Å². The molecule has 1 aromatic carbocycles. The molecule has 2 saturated carbocycles. The minimum Gasteiger partial charge on any atom is -0.486 e. The molecular weight excluding hydrogens is 306 g/mol. The number of carbonyl (C=O) groups excluding carboxylic acids is 2. The van der Waals surface area contributed by atoms with Crippen LogP contribution in [0.5, 0.6) is 11.5 Å². The Morgan fingerprint density at radius 3 is 2.58 bits per heavy atom. The molecule has 0 aromatic heterocycles. The third kappa shape index (κ3) is 2.99. The van der Waals surface area contributed by atoms with E-state index in [-0.39, 0.29) is 29.8 Å². The lowest BCUT2D eigenvalue weighted by Gasteiger charge is -2.37. The summed E-state index contributed by atoms with van der Waals surface area (Å²) >= 11 is 0. The molecule has 1 aromatic rings. The van der Waals surface area contributed by atoms with Crippen LogP contribution in [0.4, 0.5) is 0 Å². The van der Waals surface area contributed by atoms with Crippen LogP contribution in [0.25, 0.3) is 0 Å². The predicted octanol–water partition coefficient (Wildman–Crippen LogP) is 2.34. The molecule has 2 bridgehead atoms. The van der Waals surface area contributed by atoms with Gasteiger partial charge >= 0.3 is 0 Å². The Kier molecular flexibility index (Phi) is 4.17. The fourth-order valence-corrected chi connectivity index (χ4v) is 4.22. The van der Waals surface area contributed by atoms with Crippen LogP contribution in [0.2, 0.25) is 0 Å². The highest BCUT2D eigenvalue weighted by Gasteiger charge is 2.41. The Morgan fingerprint density at radius 2 is 1.83 bits per heavy atom. The molecule has 4 rings (SSSR count). The molecular formula is C19H23NO4. The van der Waals surface area contributed by atoms with Crippen molar-refractivity contribution < 1.29 is 19.1 Å². The molecule has 128 valence electrons. The van der Waals surface area contributed by atoms with Gasteiger partial charge in [0.05, 0.1) is 6.54 Å². The second-order valence-electron chi connectivity index (χ2n) is 7.14. The molecule has 3 unspecified atom stereocenters. The summed E-state index contributed by atoms with van der Waals surface area (Å²) in [5.74, 6) is 2.10. The monoisotopic (exact) mass is 329 g/mol. The minimum atomic E-state index is -0.173. The Morgan fingerprint density at radius 1 is 1.12 bits per heavy atom. The summed E-state index contributed by atoms with van der Waals surface area (Å²) in [5, 5.41) is 3.00. The zero-order valence-corrected chi connectivity index (χ0v) is 13.7. The summed E-state index contributed by atoms with van der Waals surface area (Å²) in [6.45, 7) is 0.874. The number of hydrogen-bond donors (Lipinski definition) is 1. The number of para-hydroxylation sites is 2. The average molecular weight is 329 g/mol. The quantitative estimate of drug-likeness (QED) is 0.924. The van der Waals surface area contributed by atoms with Gasteiger partial charge in [-0.2, -0.15) is 0 Å². The average Bonchev–Trinajstić information content (AvgIpc) is 2.59. The highest BCUT2D eigenvalue weighted by Crippen LogP contribution is 2.40. The topological polar surface area (TPSA) is 64.6 Å². The summed E-state index contributed by atoms with van der Waals surface area (Å²) in [7, 11) is 0. The van der Waals surface area contributed by atoms with Crippen LogP contribution >= 0.6 is 0 Å². The SMILES string of the molecule is O=C(NCC1COc2ccccc2O1)C1CC2CCCC(C1)C2=O. The van der Waals surface area contributed by atoms with Crippen molar-refractivity contribution in [1.29, 1.82) is 0 Å². The molecule has 5 heteroatoms. The molecule has 1 amide bonds. The van der Waals surface area contributed by atoms with Crippen molar-refractivity contribution in [1.82, 2.24) is 5.32 Å². The predicted molar refractivity (Wildman–Crippen MR) is 87.9 cm³/mol. The largest absolute Gasteiger partial charge is 0.486 e. The fourth-order valence-electron chi connectivity index (χ4n) is 4.22. The molecule has 24 heavy (non-hydrogen) atoms. The summed E-state index contributed by atoms with van der Waals surface area (Å²) in [5.41, 5.74) is 0. The smallest absolute Gasteiger partial charge is 0.223 e. The molecule has 1 aliphatic heterocycles. The first-order valence-corrected chi connectivity index (χ1v) is 8.90. The van der Waals surface area contributed by atoms with Crippen molar-refractivity contribution in [2.45, 2.75) is 38.2 Å². The molecule has 3 aliphatic rings. The van der Waals surface area contributed by atoms with E-state index in [4.69, 9.17) is 9.47 Å². The van der Waals surface area contributed by atoms with Crippen molar-refractivity contribution in [3.63, 3.8) is 0 Å². The van der Waals surface area contributed by atoms with E-state index in [0.29, 0.717) is 31.8 Å². The zero-order chi connectivity index (χ0) is 16.5. The first kappa shape index (κ1) is 15.5. The second kappa shape index (κ2) is 6.46. The highest BCUT2D eigenvalue weighted by atomic mass is 16.6. The number of ether oxygens (including phenoxy) is 2. The molecule has 1 heterocycles. The van der Waals surface area contributed by atoms with Crippen molar-refractivity contribution in [3.05, 3.63) is 24.3 Å². The zero-order valence-electron chi connectivity index (χ0n) is 13.7. The van der Waals surface area contributed by atoms with E-state index in [0.717, 1.165) is 30.8 Å². The van der Waals surface area contributed by atoms with E-state index in [9.17, 15) is 9.59 Å². The van der Waals surface area contributed by atoms with E-state index in [1.54, 1.807) is 0 Å². The second-order valence-corrected chi connectivity index (χ2v) is 7.14. The fraction of sp³-hybridized carbons (Fsp3) is 0.579. The number of Topliss-reactive ketones (excluding diaryl/α,β-unsaturated/α-hetero) is 1. The molecule has 0 saturated heterocycles. The maximum absolute atomic E-state index is 12.5. The van der Waals surface area contributed by atoms with Crippen molar-refractivity contribution in [2.75, 3.05) is 13.2 Å². The van der Waals surface area contributed by atoms with E-state index in [1.165, 1.54) is 0 Å². The molecule has 3 atom stereocenters. The maximum atomic E-state index is 12.5. The molecule has 2 fully saturated rings. The van der Waals surface area contributed by atoms with E-state index in [1.807, 2.05) is 24.3 Å². The molecule has 5 nitrogen and oxygen atoms in total. The van der Waals surface area contributed by atoms with Crippen LogP contribution in [0.3, 0.4) is 0 Å². The van der Waals surface area contributed by atoms with Gasteiger partial charge in [-0.15, -0.1) is 0 Å². The minimum absolute atomic E-state index is 0.0326. The number of fused-ring (bicyclic) bond motifs is 3. The third-order valence-electron chi connectivity index (χ3n) is 5.49. The molecule has 0 radical (unpaired) electrons. The maximum Gasteiger partial charge on any atom is 0.223 e. The Balaban J connectivity index is 1.31. The van der Waals surface area contributed by atoms with Gasteiger partial charge in [0.1, 0.15) is 18.5 Å². The van der Waals surface area contributed by atoms with E-state index < -0.39 is 0 Å². The molecule has 1 N–H and O–H groups in total. The highest BCUT2D eigenvalue weighted by molar-refractivity contribution is 5.88. The van der Waals surface area contributed by atoms with E-state index in [2.05, 4.69) is 5.32 Å². The van der Waals surface area contributed by atoms with Gasteiger partial charge in [-0.3, -0.25) is 9.59 Å². The molecule has 0 spiro atoms. The summed E-state index contributed by atoms with van der Waals surface area (Å²) in [4.78, 5) is 24.6. The van der Waals surface area contributed by atoms with Gasteiger partial charge in [0.2, 0.25) is 5.91 Å². The van der Waals surface area contributed by atoms with Crippen LogP contribution < -0.4 is 14.8 Å². The lowest BCUT2D eigenvalue weighted by molar-refractivity contribution is -0.137. The van der Waals surface area contributed by atoms with Crippen molar-refractivity contribution >= 4 is 11.7 Å². The van der Waals surface area contributed by atoms with Gasteiger partial charge in [0, 0.05) is 17.8 Å². The van der Waals surface area contributed by atoms with Crippen LogP contribution in [-0.2, 0) is 9.59 Å². The Hall–Kier alpha value is -2.04. The van der Waals surface area contributed by atoms with Gasteiger partial charge < -0.3 is 14.8 Å². The van der Waals surface area contributed by atoms with Gasteiger partial charge in [-0.1, -0.05) is 18.6 Å². The summed E-state index contributed by atoms with van der Waals surface area (Å²) in [6.07, 6.45) is 4.29. The van der Waals surface area contributed by atoms with Crippen LogP contribution in [0.15, 0.2) is 24.3 Å². The summed E-state index contributed by atoms with van der Waals surface area (Å²) < 4.78 is 11.5. The van der Waals surface area contributed by atoms with Gasteiger partial charge in [0.25, 0.3) is 0 Å². The number of benzene rings is 1. The molecule has 2 aliphatic carbocycles. The van der Waals surface area contributed by atoms with Crippen LogP contribution in [0.1, 0.15) is 32.1 Å². The van der Waals surface area contributed by atoms with Gasteiger partial charge in [0.15, 0.2) is 11.5 Å². The van der Waals surface area contributed by atoms with Gasteiger partial charge in [-0.05, 0) is 37.8 Å². The van der Waals surface area contributed by atoms with Gasteiger partial charge in [-0.25, -0.2) is 0 Å². The lowest BCUT2D eigenvalue weighted by Crippen LogP contribution is -2.46.